The average Bonchev–Trinajstić information content (AvgIpc) is 3.12. The maximum atomic E-state index is 2.46. The Morgan fingerprint density at radius 2 is 1.06 bits per heavy atom. The van der Waals surface area contributed by atoms with Crippen LogP contribution in [0.1, 0.15) is 26.2 Å². The van der Waals surface area contributed by atoms with Gasteiger partial charge in [0, 0.05) is 0 Å². The Bertz CT molecular complexity index is 906. The summed E-state index contributed by atoms with van der Waals surface area (Å²) in [6, 6.07) is 33.8. The molecule has 3 aromatic rings. The Kier molecular flexibility index (Phi) is 11.6. The molecule has 1 aliphatic carbocycles. The van der Waals surface area contributed by atoms with Gasteiger partial charge in [-0.15, -0.1) is 0 Å². The molecule has 31 heavy (non-hydrogen) atoms. The van der Waals surface area contributed by atoms with Crippen molar-refractivity contribution in [3.63, 3.8) is 0 Å². The van der Waals surface area contributed by atoms with Gasteiger partial charge >= 0.3 is 182 Å². The van der Waals surface area contributed by atoms with Crippen molar-refractivity contribution in [2.45, 2.75) is 26.2 Å². The van der Waals surface area contributed by atoms with Gasteiger partial charge in [0.15, 0.2) is 0 Å². The maximum Gasteiger partial charge on any atom is -1.00 e. The van der Waals surface area contributed by atoms with Crippen LogP contribution in [0.5, 0.6) is 0 Å². The van der Waals surface area contributed by atoms with Crippen LogP contribution in [0.25, 0.3) is 0 Å². The minimum atomic E-state index is -2.31. The second-order valence-corrected chi connectivity index (χ2v) is 12.1. The van der Waals surface area contributed by atoms with Crippen LogP contribution in [0.2, 0.25) is 0 Å². The van der Waals surface area contributed by atoms with Crippen molar-refractivity contribution in [1.82, 2.24) is 0 Å². The minimum absolute atomic E-state index is 0. The normalized spacial score (nSPS) is 12.9. The summed E-state index contributed by atoms with van der Waals surface area (Å²) in [5.41, 5.74) is 1.60. The molecule has 0 nitrogen and oxygen atoms in total. The molecule has 0 atom stereocenters. The zero-order chi connectivity index (χ0) is 19.4. The van der Waals surface area contributed by atoms with Crippen LogP contribution >= 0.6 is 0 Å². The summed E-state index contributed by atoms with van der Waals surface area (Å²) < 4.78 is 1.48. The summed E-state index contributed by atoms with van der Waals surface area (Å²) in [6.07, 6.45) is 5.88. The molecule has 0 spiro atoms. The summed E-state index contributed by atoms with van der Waals surface area (Å²) in [5.74, 6) is 0. The van der Waals surface area contributed by atoms with Gasteiger partial charge in [-0.3, -0.25) is 0 Å². The van der Waals surface area contributed by atoms with Gasteiger partial charge < -0.3 is 37.2 Å². The Labute approximate surface area is 217 Å². The molecule has 3 aromatic carbocycles. The summed E-state index contributed by atoms with van der Waals surface area (Å²) in [6.45, 7) is 2.30. The molecule has 0 aromatic heterocycles. The number of halogens is 3. The molecule has 0 N–H and O–H groups in total. The first-order valence-electron chi connectivity index (χ1n) is 10.1. The van der Waals surface area contributed by atoms with Crippen LogP contribution < -0.4 is 52.8 Å². The minimum Gasteiger partial charge on any atom is -1.00 e. The van der Waals surface area contributed by atoms with Gasteiger partial charge in [0.05, 0.1) is 0 Å². The molecule has 0 heterocycles. The summed E-state index contributed by atoms with van der Waals surface area (Å²) >= 11 is 2.30. The molecule has 0 amide bonds. The van der Waals surface area contributed by atoms with Gasteiger partial charge in [0.2, 0.25) is 0 Å². The van der Waals surface area contributed by atoms with Crippen LogP contribution in [-0.2, 0) is 20.4 Å². The zero-order valence-corrected chi connectivity index (χ0v) is 22.3. The Balaban J connectivity index is 0.00000160. The van der Waals surface area contributed by atoms with Crippen molar-refractivity contribution in [3.8, 4) is 0 Å². The molecule has 0 saturated carbocycles. The molecular weight excluding hydrogens is 495 g/mol. The fraction of sp³-hybridized carbons (Fsp3) is 0.154. The topological polar surface area (TPSA) is 0 Å². The Hall–Kier alpha value is -1.06. The van der Waals surface area contributed by atoms with E-state index in [4.69, 9.17) is 0 Å². The van der Waals surface area contributed by atoms with Crippen LogP contribution in [0.3, 0.4) is 0 Å². The largest absolute Gasteiger partial charge is 1.00 e. The second kappa shape index (κ2) is 12.8. The maximum absolute atomic E-state index is 2.46. The second-order valence-electron chi connectivity index (χ2n) is 7.38. The first kappa shape index (κ1) is 28.0. The number of rotatable bonds is 6. The fourth-order valence-corrected chi connectivity index (χ4v) is 10.6. The summed E-state index contributed by atoms with van der Waals surface area (Å²) in [4.78, 5) is 0. The molecule has 4 rings (SSSR count). The van der Waals surface area contributed by atoms with Crippen LogP contribution in [-0.4, -0.2) is 8.07 Å². The fourth-order valence-electron chi connectivity index (χ4n) is 4.62. The van der Waals surface area contributed by atoms with E-state index in [1.807, 2.05) is 0 Å². The Morgan fingerprint density at radius 3 is 1.42 bits per heavy atom. The van der Waals surface area contributed by atoms with E-state index in [-0.39, 0.29) is 37.2 Å². The average molecular weight is 520 g/mol. The quantitative estimate of drug-likeness (QED) is 0.228. The molecule has 0 fully saturated rings. The third kappa shape index (κ3) is 5.30. The SMILES string of the molecule is CCCC1=C([Si](c2ccccc2)(c2ccccc2)c2ccccc2)CC=[C]1[Ti+3].[Cl-].[Cl-].[Cl-]. The van der Waals surface area contributed by atoms with Crippen molar-refractivity contribution in [2.75, 3.05) is 0 Å². The van der Waals surface area contributed by atoms with Crippen LogP contribution in [0.15, 0.2) is 112 Å². The third-order valence-electron chi connectivity index (χ3n) is 5.77. The van der Waals surface area contributed by atoms with E-state index >= 15 is 0 Å². The van der Waals surface area contributed by atoms with Gasteiger partial charge in [-0.2, -0.15) is 0 Å². The molecule has 158 valence electrons. The van der Waals surface area contributed by atoms with Crippen molar-refractivity contribution in [2.24, 2.45) is 0 Å². The Morgan fingerprint density at radius 1 is 0.677 bits per heavy atom. The molecular formula is C26H25Cl3SiTi. The monoisotopic (exact) mass is 518 g/mol. The molecule has 0 bridgehead atoms. The number of hydrogen-bond acceptors (Lipinski definition) is 0. The van der Waals surface area contributed by atoms with E-state index in [1.165, 1.54) is 32.3 Å². The van der Waals surface area contributed by atoms with E-state index in [0.717, 1.165) is 6.42 Å². The van der Waals surface area contributed by atoms with E-state index in [1.54, 1.807) is 10.8 Å². The summed E-state index contributed by atoms with van der Waals surface area (Å²) in [5, 5.41) is 6.13. The molecule has 1 aliphatic rings. The molecule has 5 heteroatoms. The number of hydrogen-bond donors (Lipinski definition) is 0. The van der Waals surface area contributed by atoms with E-state index in [2.05, 4.69) is 124 Å². The standard InChI is InChI=1S/C26H25Si.3ClH.Ti/c1-2-13-22-14-12-21-26(22)27(23-15-6-3-7-16-23,24-17-8-4-9-18-24)25-19-10-5-11-20-25;;;;/h3-12,15-20H,2,13,21H2,1H3;3*1H;/q;;;;+3/p-3. The third-order valence-corrected chi connectivity index (χ3v) is 11.6. The number of allylic oxidation sites excluding steroid dienone is 4. The first-order valence-corrected chi connectivity index (χ1v) is 12.9. The van der Waals surface area contributed by atoms with E-state index in [0.29, 0.717) is 0 Å². The molecule has 0 saturated heterocycles. The van der Waals surface area contributed by atoms with Gasteiger partial charge in [0.25, 0.3) is 0 Å². The van der Waals surface area contributed by atoms with Gasteiger partial charge in [-0.05, 0) is 0 Å². The first-order chi connectivity index (χ1) is 13.8. The summed E-state index contributed by atoms with van der Waals surface area (Å²) in [7, 11) is -2.31. The van der Waals surface area contributed by atoms with E-state index in [9.17, 15) is 0 Å². The van der Waals surface area contributed by atoms with Crippen molar-refractivity contribution < 1.29 is 57.7 Å². The molecule has 0 aliphatic heterocycles. The molecule has 0 radical (unpaired) electrons. The van der Waals surface area contributed by atoms with Gasteiger partial charge in [-0.1, -0.05) is 0 Å². The van der Waals surface area contributed by atoms with Crippen LogP contribution in [0, 0.1) is 0 Å². The van der Waals surface area contributed by atoms with Crippen molar-refractivity contribution >= 4 is 23.6 Å². The predicted molar refractivity (Wildman–Crippen MR) is 119 cm³/mol. The van der Waals surface area contributed by atoms with Crippen molar-refractivity contribution in [1.29, 1.82) is 0 Å². The zero-order valence-electron chi connectivity index (χ0n) is 17.5. The van der Waals surface area contributed by atoms with Crippen LogP contribution in [0.4, 0.5) is 0 Å². The number of benzene rings is 3. The molecule has 0 unspecified atom stereocenters. The smallest absolute Gasteiger partial charge is 1.00 e. The van der Waals surface area contributed by atoms with Crippen molar-refractivity contribution in [3.05, 3.63) is 112 Å². The van der Waals surface area contributed by atoms with Gasteiger partial charge in [0.1, 0.15) is 0 Å². The van der Waals surface area contributed by atoms with Gasteiger partial charge in [-0.25, -0.2) is 0 Å². The van der Waals surface area contributed by atoms with E-state index < -0.39 is 8.07 Å². The predicted octanol–water partition coefficient (Wildman–Crippen LogP) is -4.36.